The maximum atomic E-state index is 13.2. The number of aromatic nitrogens is 1. The van der Waals surface area contributed by atoms with Crippen LogP contribution in [0.3, 0.4) is 0 Å². The highest BCUT2D eigenvalue weighted by atomic mass is 35.5. The van der Waals surface area contributed by atoms with Crippen molar-refractivity contribution in [3.05, 3.63) is 72.4 Å². The fraction of sp³-hybridized carbons (Fsp3) is 0.333. The van der Waals surface area contributed by atoms with E-state index in [-0.39, 0.29) is 75.0 Å². The summed E-state index contributed by atoms with van der Waals surface area (Å²) in [6, 6.07) is 17.1. The molecule has 2 aromatic carbocycles. The Morgan fingerprint density at radius 3 is 2.10 bits per heavy atom. The molecule has 2 atom stereocenters. The van der Waals surface area contributed by atoms with Gasteiger partial charge in [0, 0.05) is 31.6 Å². The minimum Gasteiger partial charge on any atom is -1.00 e. The number of benzene rings is 2. The number of carbonyl (C=O) groups excluding carboxylic acids is 3. The van der Waals surface area contributed by atoms with Gasteiger partial charge in [0.15, 0.2) is 0 Å². The van der Waals surface area contributed by atoms with Gasteiger partial charge in [0.05, 0.1) is 29.9 Å². The van der Waals surface area contributed by atoms with Crippen LogP contribution in [0.4, 0.5) is 5.69 Å². The van der Waals surface area contributed by atoms with Crippen LogP contribution in [0.1, 0.15) is 18.4 Å². The summed E-state index contributed by atoms with van der Waals surface area (Å²) in [5, 5.41) is 6.46. The number of pyridine rings is 1. The van der Waals surface area contributed by atoms with Gasteiger partial charge in [0.1, 0.15) is 6.04 Å². The fourth-order valence-corrected chi connectivity index (χ4v) is 3.95. The zero-order chi connectivity index (χ0) is 26.6. The molecule has 0 aliphatic rings. The first-order valence-corrected chi connectivity index (χ1v) is 12.3. The maximum Gasteiger partial charge on any atom is 0.247 e. The molecule has 0 fully saturated rings. The van der Waals surface area contributed by atoms with Crippen molar-refractivity contribution in [1.82, 2.24) is 15.2 Å². The summed E-state index contributed by atoms with van der Waals surface area (Å²) in [4.78, 5) is 44.6. The quantitative estimate of drug-likeness (QED) is 0.123. The van der Waals surface area contributed by atoms with Crippen LogP contribution in [-0.4, -0.2) is 65.9 Å². The van der Waals surface area contributed by atoms with Crippen molar-refractivity contribution in [3.63, 3.8) is 0 Å². The summed E-state index contributed by atoms with van der Waals surface area (Å²) in [6.07, 6.45) is 2.26. The molecule has 3 rings (SSSR count). The summed E-state index contributed by atoms with van der Waals surface area (Å²) >= 11 is 0. The monoisotopic (exact) mass is 645 g/mol. The van der Waals surface area contributed by atoms with E-state index >= 15 is 0 Å². The number of para-hydroxylation sites is 1. The van der Waals surface area contributed by atoms with Gasteiger partial charge in [-0.15, -0.1) is 0 Å². The Bertz CT molecular complexity index is 1200. The molecule has 1 heterocycles. The first kappa shape index (κ1) is 40.4. The normalized spacial score (nSPS) is 11.3. The number of carbonyl (C=O) groups is 3. The van der Waals surface area contributed by atoms with Gasteiger partial charge in [0.25, 0.3) is 0 Å². The predicted molar refractivity (Wildman–Crippen MR) is 144 cm³/mol. The van der Waals surface area contributed by atoms with Crippen LogP contribution >= 0.6 is 0 Å². The van der Waals surface area contributed by atoms with Crippen LogP contribution in [-0.2, 0) is 20.8 Å². The van der Waals surface area contributed by atoms with Gasteiger partial charge in [-0.2, -0.15) is 0 Å². The van der Waals surface area contributed by atoms with E-state index in [1.54, 1.807) is 6.20 Å². The van der Waals surface area contributed by atoms with Crippen molar-refractivity contribution in [3.8, 4) is 0 Å². The molecule has 0 saturated carbocycles. The third-order valence-electron chi connectivity index (χ3n) is 5.94. The molecule has 0 saturated heterocycles. The Hall–Kier alpha value is -2.70. The molecular weight excluding hydrogens is 612 g/mol. The van der Waals surface area contributed by atoms with Gasteiger partial charge >= 0.3 is 0 Å². The van der Waals surface area contributed by atoms with Crippen molar-refractivity contribution in [2.75, 3.05) is 31.5 Å². The SMILES string of the molecule is NCCN(CCN)C(=O)C[C@H](N)C(=O)N[C@H](CCc1ccccc1)C(=O)Nc1cnc2ccccc2c1.[Cl-].[Cl-].[Cl-].[Cl-]. The number of nitrogens with zero attached hydrogens (tertiary/aromatic N) is 2. The summed E-state index contributed by atoms with van der Waals surface area (Å²) in [5.74, 6) is -1.29. The van der Waals surface area contributed by atoms with E-state index in [0.717, 1.165) is 16.5 Å². The van der Waals surface area contributed by atoms with Gasteiger partial charge in [-0.1, -0.05) is 48.5 Å². The van der Waals surface area contributed by atoms with Crippen molar-refractivity contribution in [2.45, 2.75) is 31.3 Å². The number of fused-ring (bicyclic) bond motifs is 1. The van der Waals surface area contributed by atoms with Crippen molar-refractivity contribution >= 4 is 34.3 Å². The van der Waals surface area contributed by atoms with Gasteiger partial charge in [-0.3, -0.25) is 19.4 Å². The summed E-state index contributed by atoms with van der Waals surface area (Å²) in [6.45, 7) is 1.20. The molecule has 3 amide bonds. The average Bonchev–Trinajstić information content (AvgIpc) is 2.91. The third kappa shape index (κ3) is 12.8. The Balaban J connectivity index is 0. The van der Waals surface area contributed by atoms with E-state index < -0.39 is 23.9 Å². The smallest absolute Gasteiger partial charge is 0.247 e. The number of hydrogen-bond acceptors (Lipinski definition) is 7. The molecule has 10 nitrogen and oxygen atoms in total. The van der Waals surface area contributed by atoms with E-state index in [4.69, 9.17) is 17.2 Å². The molecule has 0 radical (unpaired) electrons. The van der Waals surface area contributed by atoms with Crippen molar-refractivity contribution in [2.24, 2.45) is 17.2 Å². The first-order chi connectivity index (χ1) is 17.9. The minimum absolute atomic E-state index is 0. The Kier molecular flexibility index (Phi) is 20.8. The number of hydrogen-bond donors (Lipinski definition) is 5. The zero-order valence-electron chi connectivity index (χ0n) is 22.3. The second-order valence-electron chi connectivity index (χ2n) is 8.76. The molecule has 0 aliphatic heterocycles. The van der Waals surface area contributed by atoms with E-state index in [9.17, 15) is 14.4 Å². The van der Waals surface area contributed by atoms with E-state index in [1.165, 1.54) is 4.90 Å². The minimum atomic E-state index is -1.13. The van der Waals surface area contributed by atoms with Crippen molar-refractivity contribution < 1.29 is 64.0 Å². The predicted octanol–water partition coefficient (Wildman–Crippen LogP) is -11.2. The van der Waals surface area contributed by atoms with Crippen LogP contribution < -0.4 is 77.5 Å². The lowest BCUT2D eigenvalue weighted by atomic mass is 10.0. The number of nitrogens with one attached hydrogen (secondary N) is 2. The highest BCUT2D eigenvalue weighted by Crippen LogP contribution is 2.17. The number of aryl methyl sites for hydroxylation is 1. The molecule has 0 unspecified atom stereocenters. The van der Waals surface area contributed by atoms with Crippen molar-refractivity contribution in [1.29, 1.82) is 0 Å². The Morgan fingerprint density at radius 2 is 1.46 bits per heavy atom. The topological polar surface area (TPSA) is 169 Å². The largest absolute Gasteiger partial charge is 1.00 e. The van der Waals surface area contributed by atoms with Gasteiger partial charge in [0.2, 0.25) is 17.7 Å². The van der Waals surface area contributed by atoms with Crippen LogP contribution in [0.2, 0.25) is 0 Å². The van der Waals surface area contributed by atoms with Crippen LogP contribution in [0.15, 0.2) is 66.9 Å². The summed E-state index contributed by atoms with van der Waals surface area (Å²) in [7, 11) is 0. The van der Waals surface area contributed by atoms with Gasteiger partial charge in [-0.25, -0.2) is 0 Å². The molecule has 41 heavy (non-hydrogen) atoms. The molecule has 3 aromatic rings. The Labute approximate surface area is 265 Å². The zero-order valence-corrected chi connectivity index (χ0v) is 25.3. The molecule has 0 bridgehead atoms. The molecule has 0 aliphatic carbocycles. The highest BCUT2D eigenvalue weighted by Gasteiger charge is 2.26. The number of halogens is 4. The van der Waals surface area contributed by atoms with Gasteiger partial charge in [-0.05, 0) is 30.5 Å². The average molecular weight is 647 g/mol. The van der Waals surface area contributed by atoms with E-state index in [0.29, 0.717) is 31.6 Å². The first-order valence-electron chi connectivity index (χ1n) is 12.3. The lowest BCUT2D eigenvalue weighted by Crippen LogP contribution is -3.00. The van der Waals surface area contributed by atoms with E-state index in [2.05, 4.69) is 15.6 Å². The summed E-state index contributed by atoms with van der Waals surface area (Å²) in [5.41, 5.74) is 19.5. The number of amides is 3. The second kappa shape index (κ2) is 21.1. The molecular formula is C27H35Cl4N7O3-4. The number of anilines is 1. The van der Waals surface area contributed by atoms with Crippen LogP contribution in [0.5, 0.6) is 0 Å². The van der Waals surface area contributed by atoms with Crippen LogP contribution in [0.25, 0.3) is 10.9 Å². The number of rotatable bonds is 13. The van der Waals surface area contributed by atoms with E-state index in [1.807, 2.05) is 60.7 Å². The lowest BCUT2D eigenvalue weighted by molar-refractivity contribution is -0.134. The fourth-order valence-electron chi connectivity index (χ4n) is 3.95. The molecule has 14 heteroatoms. The van der Waals surface area contributed by atoms with Gasteiger partial charge < -0.3 is 82.4 Å². The Morgan fingerprint density at radius 1 is 0.854 bits per heavy atom. The summed E-state index contributed by atoms with van der Waals surface area (Å²) < 4.78 is 0. The number of nitrogens with two attached hydrogens (primary N) is 3. The molecule has 0 spiro atoms. The highest BCUT2D eigenvalue weighted by molar-refractivity contribution is 5.99. The maximum absolute atomic E-state index is 13.2. The molecule has 1 aromatic heterocycles. The third-order valence-corrected chi connectivity index (χ3v) is 5.94. The molecule has 228 valence electrons. The standard InChI is InChI=1S/C27H35N7O3.4ClH/c28-12-14-34(15-13-29)25(35)17-22(30)26(36)33-24(11-10-19-6-2-1-3-7-19)27(37)32-21-16-20-8-4-5-9-23(20)31-18-21;;;;/h1-9,16,18,22,24H,10-15,17,28-30H2,(H,32,37)(H,33,36);4*1H/p-4/t22-,24+;;;;/m0..../s1. The lowest BCUT2D eigenvalue weighted by Gasteiger charge is -2.24. The molecule has 8 N–H and O–H groups in total. The van der Waals surface area contributed by atoms with Crippen LogP contribution in [0, 0.1) is 0 Å². The second-order valence-corrected chi connectivity index (χ2v) is 8.76.